The van der Waals surface area contributed by atoms with Crippen molar-refractivity contribution in [2.24, 2.45) is 0 Å². The molecule has 0 amide bonds. The number of nitro groups is 1. The van der Waals surface area contributed by atoms with Gasteiger partial charge in [-0.15, -0.1) is 0 Å². The molecule has 0 fully saturated rings. The Morgan fingerprint density at radius 2 is 2.06 bits per heavy atom. The molecule has 0 aromatic heterocycles. The number of rotatable bonds is 3. The van der Waals surface area contributed by atoms with E-state index >= 15 is 0 Å². The van der Waals surface area contributed by atoms with Gasteiger partial charge >= 0.3 is 0 Å². The van der Waals surface area contributed by atoms with E-state index in [4.69, 9.17) is 4.74 Å². The van der Waals surface area contributed by atoms with Crippen molar-refractivity contribution < 1.29 is 9.66 Å². The third-order valence-electron chi connectivity index (χ3n) is 2.48. The quantitative estimate of drug-likeness (QED) is 0.600. The lowest BCUT2D eigenvalue weighted by Gasteiger charge is -2.05. The Kier molecular flexibility index (Phi) is 3.05. The fraction of sp³-hybridized carbons (Fsp3) is 0.0769. The molecule has 0 bridgehead atoms. The van der Waals surface area contributed by atoms with Crippen molar-refractivity contribution in [2.75, 3.05) is 7.11 Å². The Balaban J connectivity index is 2.62. The monoisotopic (exact) mass is 229 g/mol. The molecular formula is C13H11NO3. The average molecular weight is 229 g/mol. The molecule has 2 aromatic rings. The Hall–Kier alpha value is -2.36. The predicted molar refractivity (Wildman–Crippen MR) is 66.5 cm³/mol. The largest absolute Gasteiger partial charge is 0.497 e. The zero-order valence-electron chi connectivity index (χ0n) is 9.29. The maximum absolute atomic E-state index is 10.4. The highest BCUT2D eigenvalue weighted by Gasteiger charge is 2.02. The van der Waals surface area contributed by atoms with Gasteiger partial charge in [0.1, 0.15) is 5.75 Å². The molecule has 0 heterocycles. The van der Waals surface area contributed by atoms with E-state index < -0.39 is 4.92 Å². The fourth-order valence-electron chi connectivity index (χ4n) is 1.71. The third kappa shape index (κ3) is 2.42. The molecule has 0 radical (unpaired) electrons. The average Bonchev–Trinajstić information content (AvgIpc) is 2.35. The molecule has 86 valence electrons. The number of ether oxygens (including phenoxy) is 1. The summed E-state index contributed by atoms with van der Waals surface area (Å²) >= 11 is 0. The minimum atomic E-state index is -0.478. The molecule has 0 N–H and O–H groups in total. The Morgan fingerprint density at radius 3 is 2.76 bits per heavy atom. The van der Waals surface area contributed by atoms with E-state index in [1.165, 1.54) is 6.08 Å². The Morgan fingerprint density at radius 1 is 1.29 bits per heavy atom. The molecule has 0 saturated heterocycles. The van der Waals surface area contributed by atoms with Crippen molar-refractivity contribution in [3.63, 3.8) is 0 Å². The SMILES string of the molecule is COc1cc(/C=C/[N+](=O)[O-])c2ccccc2c1. The van der Waals surface area contributed by atoms with E-state index in [0.717, 1.165) is 22.5 Å². The number of hydrogen-bond acceptors (Lipinski definition) is 3. The van der Waals surface area contributed by atoms with Crippen LogP contribution >= 0.6 is 0 Å². The van der Waals surface area contributed by atoms with Crippen LogP contribution in [0.15, 0.2) is 42.6 Å². The molecule has 4 heteroatoms. The van der Waals surface area contributed by atoms with Crippen LogP contribution in [-0.2, 0) is 0 Å². The van der Waals surface area contributed by atoms with Gasteiger partial charge in [-0.1, -0.05) is 24.3 Å². The number of hydrogen-bond donors (Lipinski definition) is 0. The van der Waals surface area contributed by atoms with Crippen LogP contribution < -0.4 is 4.74 Å². The minimum Gasteiger partial charge on any atom is -0.497 e. The second kappa shape index (κ2) is 4.65. The van der Waals surface area contributed by atoms with E-state index in [9.17, 15) is 10.1 Å². The van der Waals surface area contributed by atoms with E-state index in [2.05, 4.69) is 0 Å². The second-order valence-electron chi connectivity index (χ2n) is 3.54. The van der Waals surface area contributed by atoms with E-state index in [0.29, 0.717) is 5.75 Å². The van der Waals surface area contributed by atoms with Crippen LogP contribution in [0.3, 0.4) is 0 Å². The summed E-state index contributed by atoms with van der Waals surface area (Å²) in [5.74, 6) is 0.687. The summed E-state index contributed by atoms with van der Waals surface area (Å²) in [5, 5.41) is 12.3. The second-order valence-corrected chi connectivity index (χ2v) is 3.54. The van der Waals surface area contributed by atoms with Gasteiger partial charge in [0, 0.05) is 6.08 Å². The summed E-state index contributed by atoms with van der Waals surface area (Å²) in [5.41, 5.74) is 0.775. The lowest BCUT2D eigenvalue weighted by atomic mass is 10.0. The van der Waals surface area contributed by atoms with Gasteiger partial charge in [0.2, 0.25) is 6.20 Å². The first-order valence-corrected chi connectivity index (χ1v) is 5.09. The highest BCUT2D eigenvalue weighted by atomic mass is 16.6. The summed E-state index contributed by atoms with van der Waals surface area (Å²) < 4.78 is 5.17. The predicted octanol–water partition coefficient (Wildman–Crippen LogP) is 3.10. The van der Waals surface area contributed by atoms with Gasteiger partial charge in [0.25, 0.3) is 0 Å². The topological polar surface area (TPSA) is 52.4 Å². The number of methoxy groups -OCH3 is 1. The van der Waals surface area contributed by atoms with Crippen LogP contribution in [0.2, 0.25) is 0 Å². The zero-order chi connectivity index (χ0) is 12.3. The summed E-state index contributed by atoms with van der Waals surface area (Å²) in [4.78, 5) is 9.87. The molecule has 0 unspecified atom stereocenters. The highest BCUT2D eigenvalue weighted by molar-refractivity contribution is 5.91. The molecule has 0 aliphatic heterocycles. The Labute approximate surface area is 98.3 Å². The maximum Gasteiger partial charge on any atom is 0.235 e. The van der Waals surface area contributed by atoms with Crippen LogP contribution in [0, 0.1) is 10.1 Å². The van der Waals surface area contributed by atoms with Gasteiger partial charge in [0.15, 0.2) is 0 Å². The minimum absolute atomic E-state index is 0.478. The number of nitrogens with zero attached hydrogens (tertiary/aromatic N) is 1. The van der Waals surface area contributed by atoms with Crippen molar-refractivity contribution in [3.8, 4) is 5.75 Å². The van der Waals surface area contributed by atoms with Gasteiger partial charge < -0.3 is 4.74 Å². The lowest BCUT2D eigenvalue weighted by Crippen LogP contribution is -1.87. The van der Waals surface area contributed by atoms with Crippen LogP contribution in [0.25, 0.3) is 16.8 Å². The summed E-state index contributed by atoms with van der Waals surface area (Å²) in [6, 6.07) is 11.4. The molecule has 0 aliphatic rings. The maximum atomic E-state index is 10.4. The normalized spacial score (nSPS) is 10.9. The van der Waals surface area contributed by atoms with Crippen LogP contribution in [0.1, 0.15) is 5.56 Å². The summed E-state index contributed by atoms with van der Waals surface area (Å²) in [7, 11) is 1.57. The van der Waals surface area contributed by atoms with Gasteiger partial charge in [-0.05, 0) is 28.5 Å². The van der Waals surface area contributed by atoms with E-state index in [-0.39, 0.29) is 0 Å². The first-order valence-electron chi connectivity index (χ1n) is 5.09. The molecule has 17 heavy (non-hydrogen) atoms. The molecule has 2 aromatic carbocycles. The first-order chi connectivity index (χ1) is 8.20. The molecule has 0 spiro atoms. The molecule has 0 saturated carbocycles. The summed E-state index contributed by atoms with van der Waals surface area (Å²) in [6.07, 6.45) is 2.41. The fourth-order valence-corrected chi connectivity index (χ4v) is 1.71. The standard InChI is InChI=1S/C13H11NO3/c1-17-12-8-10-4-2-3-5-13(10)11(9-12)6-7-14(15)16/h2-9H,1H3/b7-6+. The van der Waals surface area contributed by atoms with Crippen LogP contribution in [0.4, 0.5) is 0 Å². The van der Waals surface area contributed by atoms with Crippen molar-refractivity contribution in [2.45, 2.75) is 0 Å². The first kappa shape index (κ1) is 11.1. The molecule has 0 atom stereocenters. The van der Waals surface area contributed by atoms with Gasteiger partial charge in [0.05, 0.1) is 12.0 Å². The van der Waals surface area contributed by atoms with Crippen molar-refractivity contribution in [1.29, 1.82) is 0 Å². The van der Waals surface area contributed by atoms with Crippen molar-refractivity contribution in [3.05, 3.63) is 58.3 Å². The number of fused-ring (bicyclic) bond motifs is 1. The molecule has 4 nitrogen and oxygen atoms in total. The van der Waals surface area contributed by atoms with Gasteiger partial charge in [-0.3, -0.25) is 10.1 Å². The zero-order valence-corrected chi connectivity index (χ0v) is 9.29. The molecule has 2 rings (SSSR count). The molecular weight excluding hydrogens is 218 g/mol. The molecule has 0 aliphatic carbocycles. The number of benzene rings is 2. The highest BCUT2D eigenvalue weighted by Crippen LogP contribution is 2.26. The summed E-state index contributed by atoms with van der Waals surface area (Å²) in [6.45, 7) is 0. The third-order valence-corrected chi connectivity index (χ3v) is 2.48. The van der Waals surface area contributed by atoms with Gasteiger partial charge in [-0.25, -0.2) is 0 Å². The smallest absolute Gasteiger partial charge is 0.235 e. The van der Waals surface area contributed by atoms with Crippen LogP contribution in [-0.4, -0.2) is 12.0 Å². The van der Waals surface area contributed by atoms with Crippen molar-refractivity contribution >= 4 is 16.8 Å². The lowest BCUT2D eigenvalue weighted by molar-refractivity contribution is -0.400. The van der Waals surface area contributed by atoms with Gasteiger partial charge in [-0.2, -0.15) is 0 Å². The Bertz CT molecular complexity index is 590. The van der Waals surface area contributed by atoms with E-state index in [1.54, 1.807) is 13.2 Å². The van der Waals surface area contributed by atoms with Crippen LogP contribution in [0.5, 0.6) is 5.75 Å². The van der Waals surface area contributed by atoms with E-state index in [1.807, 2.05) is 30.3 Å². The van der Waals surface area contributed by atoms with Crippen molar-refractivity contribution in [1.82, 2.24) is 0 Å².